The molecular formula is C22H20FNO. The quantitative estimate of drug-likeness (QED) is 0.718. The van der Waals surface area contributed by atoms with Gasteiger partial charge in [0.15, 0.2) is 0 Å². The van der Waals surface area contributed by atoms with Gasteiger partial charge in [0.2, 0.25) is 0 Å². The minimum atomic E-state index is -0.356. The minimum Gasteiger partial charge on any atom is -0.341 e. The second-order valence-corrected chi connectivity index (χ2v) is 6.18. The molecule has 0 bridgehead atoms. The molecule has 0 heterocycles. The molecular weight excluding hydrogens is 313 g/mol. The van der Waals surface area contributed by atoms with Crippen molar-refractivity contribution < 1.29 is 9.18 Å². The van der Waals surface area contributed by atoms with Gasteiger partial charge in [-0.05, 0) is 54.8 Å². The lowest BCUT2D eigenvalue weighted by molar-refractivity contribution is 0.0943. The molecule has 0 aromatic heterocycles. The van der Waals surface area contributed by atoms with E-state index in [1.165, 1.54) is 24.3 Å². The molecule has 0 saturated heterocycles. The van der Waals surface area contributed by atoms with E-state index in [2.05, 4.69) is 23.5 Å². The fraction of sp³-hybridized carbons (Fsp3) is 0.136. The van der Waals surface area contributed by atoms with E-state index in [-0.39, 0.29) is 17.8 Å². The zero-order valence-corrected chi connectivity index (χ0v) is 14.3. The third-order valence-electron chi connectivity index (χ3n) is 4.26. The molecule has 1 N–H and O–H groups in total. The standard InChI is InChI=1S/C22H20FNO/c1-15-8-9-16(2)20(14-15)21(17-6-4-3-5-7-17)24-22(25)18-10-12-19(23)13-11-18/h3-14,21H,1-2H3,(H,24,25)/t21-/m0/s1. The molecule has 0 spiro atoms. The summed E-state index contributed by atoms with van der Waals surface area (Å²) >= 11 is 0. The number of benzene rings is 3. The molecule has 0 aliphatic carbocycles. The van der Waals surface area contributed by atoms with Gasteiger partial charge in [-0.15, -0.1) is 0 Å². The maximum atomic E-state index is 13.1. The number of nitrogens with one attached hydrogen (secondary N) is 1. The molecule has 0 unspecified atom stereocenters. The summed E-state index contributed by atoms with van der Waals surface area (Å²) in [4.78, 5) is 12.7. The van der Waals surface area contributed by atoms with E-state index in [1.807, 2.05) is 44.2 Å². The van der Waals surface area contributed by atoms with Crippen molar-refractivity contribution in [2.24, 2.45) is 0 Å². The number of rotatable bonds is 4. The van der Waals surface area contributed by atoms with Crippen molar-refractivity contribution in [2.45, 2.75) is 19.9 Å². The highest BCUT2D eigenvalue weighted by atomic mass is 19.1. The lowest BCUT2D eigenvalue weighted by atomic mass is 9.93. The van der Waals surface area contributed by atoms with Crippen molar-refractivity contribution in [3.63, 3.8) is 0 Å². The van der Waals surface area contributed by atoms with Gasteiger partial charge in [0.1, 0.15) is 5.82 Å². The van der Waals surface area contributed by atoms with Gasteiger partial charge in [-0.3, -0.25) is 4.79 Å². The van der Waals surface area contributed by atoms with Crippen molar-refractivity contribution in [3.05, 3.63) is 106 Å². The third-order valence-corrected chi connectivity index (χ3v) is 4.26. The zero-order valence-electron chi connectivity index (χ0n) is 14.3. The third kappa shape index (κ3) is 3.94. The Hall–Kier alpha value is -2.94. The molecule has 2 nitrogen and oxygen atoms in total. The normalized spacial score (nSPS) is 11.8. The summed E-state index contributed by atoms with van der Waals surface area (Å²) in [6, 6.07) is 21.4. The van der Waals surface area contributed by atoms with E-state index >= 15 is 0 Å². The van der Waals surface area contributed by atoms with Crippen LogP contribution in [0.2, 0.25) is 0 Å². The number of aryl methyl sites for hydroxylation is 2. The Morgan fingerprint density at radius 2 is 1.60 bits per heavy atom. The average molecular weight is 333 g/mol. The first kappa shape index (κ1) is 16.9. The van der Waals surface area contributed by atoms with Crippen molar-refractivity contribution in [3.8, 4) is 0 Å². The lowest BCUT2D eigenvalue weighted by Crippen LogP contribution is -2.29. The van der Waals surface area contributed by atoms with E-state index in [9.17, 15) is 9.18 Å². The Bertz CT molecular complexity index is 872. The highest BCUT2D eigenvalue weighted by Gasteiger charge is 2.19. The van der Waals surface area contributed by atoms with Crippen LogP contribution in [-0.2, 0) is 0 Å². The Morgan fingerprint density at radius 3 is 2.28 bits per heavy atom. The first-order valence-electron chi connectivity index (χ1n) is 8.23. The monoisotopic (exact) mass is 333 g/mol. The Balaban J connectivity index is 1.98. The van der Waals surface area contributed by atoms with Crippen LogP contribution in [-0.4, -0.2) is 5.91 Å². The summed E-state index contributed by atoms with van der Waals surface area (Å²) in [7, 11) is 0. The summed E-state index contributed by atoms with van der Waals surface area (Å²) in [6.07, 6.45) is 0. The van der Waals surface area contributed by atoms with Crippen LogP contribution >= 0.6 is 0 Å². The summed E-state index contributed by atoms with van der Waals surface area (Å²) in [5.74, 6) is -0.583. The minimum absolute atomic E-state index is 0.227. The molecule has 25 heavy (non-hydrogen) atoms. The van der Waals surface area contributed by atoms with Crippen molar-refractivity contribution in [2.75, 3.05) is 0 Å². The molecule has 0 aliphatic rings. The molecule has 3 aromatic rings. The molecule has 0 fully saturated rings. The molecule has 3 aromatic carbocycles. The topological polar surface area (TPSA) is 29.1 Å². The van der Waals surface area contributed by atoms with E-state index in [1.54, 1.807) is 0 Å². The molecule has 0 aliphatic heterocycles. The first-order valence-corrected chi connectivity index (χ1v) is 8.23. The highest BCUT2D eigenvalue weighted by molar-refractivity contribution is 5.94. The molecule has 1 atom stereocenters. The summed E-state index contributed by atoms with van der Waals surface area (Å²) in [6.45, 7) is 4.07. The van der Waals surface area contributed by atoms with Crippen LogP contribution < -0.4 is 5.32 Å². The molecule has 0 saturated carbocycles. The van der Waals surface area contributed by atoms with Gasteiger partial charge < -0.3 is 5.32 Å². The van der Waals surface area contributed by atoms with Crippen LogP contribution in [0.1, 0.15) is 38.7 Å². The maximum absolute atomic E-state index is 13.1. The van der Waals surface area contributed by atoms with Gasteiger partial charge in [-0.2, -0.15) is 0 Å². The Morgan fingerprint density at radius 1 is 0.920 bits per heavy atom. The van der Waals surface area contributed by atoms with Crippen LogP contribution in [0.5, 0.6) is 0 Å². The fourth-order valence-corrected chi connectivity index (χ4v) is 2.87. The predicted molar refractivity (Wildman–Crippen MR) is 98.1 cm³/mol. The Kier molecular flexibility index (Phi) is 4.94. The summed E-state index contributed by atoms with van der Waals surface area (Å²) in [5.41, 5.74) is 4.75. The average Bonchev–Trinajstić information content (AvgIpc) is 2.63. The SMILES string of the molecule is Cc1ccc(C)c([C@@H](NC(=O)c2ccc(F)cc2)c2ccccc2)c1. The molecule has 3 rings (SSSR count). The molecule has 1 amide bonds. The van der Waals surface area contributed by atoms with Crippen molar-refractivity contribution >= 4 is 5.91 Å². The van der Waals surface area contributed by atoms with Gasteiger partial charge in [-0.25, -0.2) is 4.39 Å². The summed E-state index contributed by atoms with van der Waals surface area (Å²) < 4.78 is 13.1. The largest absolute Gasteiger partial charge is 0.341 e. The molecule has 126 valence electrons. The Labute approximate surface area is 147 Å². The second-order valence-electron chi connectivity index (χ2n) is 6.18. The number of carbonyl (C=O) groups excluding carboxylic acids is 1. The highest BCUT2D eigenvalue weighted by Crippen LogP contribution is 2.26. The number of carbonyl (C=O) groups is 1. The summed E-state index contributed by atoms with van der Waals surface area (Å²) in [5, 5.41) is 3.09. The van der Waals surface area contributed by atoms with Gasteiger partial charge in [0.25, 0.3) is 5.91 Å². The second kappa shape index (κ2) is 7.31. The van der Waals surface area contributed by atoms with E-state index in [0.717, 1.165) is 22.3 Å². The smallest absolute Gasteiger partial charge is 0.252 e. The van der Waals surface area contributed by atoms with Crippen LogP contribution in [0, 0.1) is 19.7 Å². The number of halogens is 1. The van der Waals surface area contributed by atoms with Gasteiger partial charge in [0.05, 0.1) is 6.04 Å². The van der Waals surface area contributed by atoms with Crippen LogP contribution in [0.15, 0.2) is 72.8 Å². The van der Waals surface area contributed by atoms with E-state index in [4.69, 9.17) is 0 Å². The predicted octanol–water partition coefficient (Wildman–Crippen LogP) is 4.96. The van der Waals surface area contributed by atoms with Gasteiger partial charge in [-0.1, -0.05) is 54.1 Å². The molecule has 0 radical (unpaired) electrons. The van der Waals surface area contributed by atoms with Crippen molar-refractivity contribution in [1.29, 1.82) is 0 Å². The lowest BCUT2D eigenvalue weighted by Gasteiger charge is -2.22. The van der Waals surface area contributed by atoms with Crippen molar-refractivity contribution in [1.82, 2.24) is 5.32 Å². The van der Waals surface area contributed by atoms with Crippen LogP contribution in [0.3, 0.4) is 0 Å². The fourth-order valence-electron chi connectivity index (χ4n) is 2.87. The number of hydrogen-bond acceptors (Lipinski definition) is 1. The van der Waals surface area contributed by atoms with Crippen LogP contribution in [0.25, 0.3) is 0 Å². The first-order chi connectivity index (χ1) is 12.0. The molecule has 3 heteroatoms. The van der Waals surface area contributed by atoms with E-state index in [0.29, 0.717) is 5.56 Å². The van der Waals surface area contributed by atoms with Crippen LogP contribution in [0.4, 0.5) is 4.39 Å². The van der Waals surface area contributed by atoms with Gasteiger partial charge in [0, 0.05) is 5.56 Å². The maximum Gasteiger partial charge on any atom is 0.252 e. The van der Waals surface area contributed by atoms with Gasteiger partial charge >= 0.3 is 0 Å². The number of amides is 1. The number of hydrogen-bond donors (Lipinski definition) is 1. The van der Waals surface area contributed by atoms with E-state index < -0.39 is 0 Å². The zero-order chi connectivity index (χ0) is 17.8.